The number of methoxy groups -OCH3 is 1. The van der Waals surface area contributed by atoms with E-state index in [-0.39, 0.29) is 18.8 Å². The zero-order chi connectivity index (χ0) is 17.2. The Bertz CT molecular complexity index is 722. The van der Waals surface area contributed by atoms with Crippen molar-refractivity contribution in [2.45, 2.75) is 32.4 Å². The lowest BCUT2D eigenvalue weighted by Crippen LogP contribution is -2.27. The number of primary amides is 1. The lowest BCUT2D eigenvalue weighted by Gasteiger charge is -2.18. The van der Waals surface area contributed by atoms with Crippen molar-refractivity contribution in [1.82, 2.24) is 14.8 Å². The summed E-state index contributed by atoms with van der Waals surface area (Å²) in [5, 5.41) is 14.8. The van der Waals surface area contributed by atoms with Gasteiger partial charge in [0.25, 0.3) is 0 Å². The molecular formula is C15H19ClN4O3. The van der Waals surface area contributed by atoms with Gasteiger partial charge in [0, 0.05) is 5.02 Å². The molecule has 23 heavy (non-hydrogen) atoms. The number of nitrogens with zero attached hydrogens (tertiary/aromatic N) is 3. The molecule has 1 amide bonds. The highest BCUT2D eigenvalue weighted by molar-refractivity contribution is 6.30. The number of aliphatic hydroxyl groups is 1. The Morgan fingerprint density at radius 3 is 2.74 bits per heavy atom. The molecule has 0 aliphatic rings. The van der Waals surface area contributed by atoms with Gasteiger partial charge in [0.05, 0.1) is 31.2 Å². The smallest absolute Gasteiger partial charge is 0.225 e. The average Bonchev–Trinajstić information content (AvgIpc) is 2.77. The van der Waals surface area contributed by atoms with Crippen molar-refractivity contribution in [3.63, 3.8) is 0 Å². The van der Waals surface area contributed by atoms with Gasteiger partial charge in [-0.1, -0.05) is 11.6 Å². The highest BCUT2D eigenvalue weighted by Gasteiger charge is 2.22. The monoisotopic (exact) mass is 338 g/mol. The van der Waals surface area contributed by atoms with Crippen LogP contribution >= 0.6 is 11.6 Å². The molecule has 0 saturated heterocycles. The van der Waals surface area contributed by atoms with Gasteiger partial charge in [0.15, 0.2) is 11.6 Å². The number of carbonyl (C=O) groups excluding carboxylic acids is 1. The molecule has 0 spiro atoms. The van der Waals surface area contributed by atoms with Gasteiger partial charge in [-0.15, -0.1) is 0 Å². The summed E-state index contributed by atoms with van der Waals surface area (Å²) in [6, 6.07) is 5.11. The fourth-order valence-electron chi connectivity index (χ4n) is 2.15. The minimum atomic E-state index is -1.02. The molecule has 0 unspecified atom stereocenters. The van der Waals surface area contributed by atoms with E-state index in [1.54, 1.807) is 32.0 Å². The predicted molar refractivity (Wildman–Crippen MR) is 86.2 cm³/mol. The third kappa shape index (κ3) is 4.43. The summed E-state index contributed by atoms with van der Waals surface area (Å²) < 4.78 is 6.86. The van der Waals surface area contributed by atoms with Crippen LogP contribution in [-0.4, -0.2) is 38.5 Å². The highest BCUT2D eigenvalue weighted by Crippen LogP contribution is 2.32. The van der Waals surface area contributed by atoms with Crippen LogP contribution in [0.5, 0.6) is 5.75 Å². The Balaban J connectivity index is 2.57. The Morgan fingerprint density at radius 2 is 2.17 bits per heavy atom. The average molecular weight is 339 g/mol. The van der Waals surface area contributed by atoms with Gasteiger partial charge in [-0.25, -0.2) is 9.67 Å². The van der Waals surface area contributed by atoms with E-state index >= 15 is 0 Å². The maximum atomic E-state index is 11.1. The summed E-state index contributed by atoms with van der Waals surface area (Å²) >= 11 is 6.06. The number of ether oxygens (including phenoxy) is 1. The highest BCUT2D eigenvalue weighted by atomic mass is 35.5. The Kier molecular flexibility index (Phi) is 4.91. The summed E-state index contributed by atoms with van der Waals surface area (Å²) in [6.07, 6.45) is -0.0886. The van der Waals surface area contributed by atoms with E-state index in [1.165, 1.54) is 11.8 Å². The van der Waals surface area contributed by atoms with Crippen molar-refractivity contribution in [1.29, 1.82) is 0 Å². The quantitative estimate of drug-likeness (QED) is 0.828. The molecule has 0 bridgehead atoms. The second kappa shape index (κ2) is 6.55. The van der Waals surface area contributed by atoms with Crippen molar-refractivity contribution in [3.8, 4) is 17.1 Å². The minimum Gasteiger partial charge on any atom is -0.496 e. The number of hydrogen-bond acceptors (Lipinski definition) is 5. The molecule has 0 atom stereocenters. The maximum Gasteiger partial charge on any atom is 0.225 e. The number of benzene rings is 1. The van der Waals surface area contributed by atoms with Crippen LogP contribution in [0, 0.1) is 0 Å². The summed E-state index contributed by atoms with van der Waals surface area (Å²) in [4.78, 5) is 15.5. The number of hydrogen-bond donors (Lipinski definition) is 2. The molecule has 0 aliphatic heterocycles. The first-order valence-electron chi connectivity index (χ1n) is 6.98. The summed E-state index contributed by atoms with van der Waals surface area (Å²) in [5.41, 5.74) is 4.81. The summed E-state index contributed by atoms with van der Waals surface area (Å²) in [5.74, 6) is 0.751. The molecule has 1 heterocycles. The van der Waals surface area contributed by atoms with E-state index in [9.17, 15) is 9.90 Å². The van der Waals surface area contributed by atoms with Crippen molar-refractivity contribution in [2.75, 3.05) is 7.11 Å². The first kappa shape index (κ1) is 17.2. The van der Waals surface area contributed by atoms with E-state index in [0.717, 1.165) is 0 Å². The Morgan fingerprint density at radius 1 is 1.48 bits per heavy atom. The lowest BCUT2D eigenvalue weighted by atomic mass is 10.1. The van der Waals surface area contributed by atoms with E-state index < -0.39 is 11.5 Å². The molecule has 1 aromatic carbocycles. The minimum absolute atomic E-state index is 0.0886. The SMILES string of the molecule is COc1ccc(Cl)cc1-c1nc(CC(N)=O)nn1CC(C)(C)O. The van der Waals surface area contributed by atoms with Crippen molar-refractivity contribution in [2.24, 2.45) is 5.73 Å². The second-order valence-electron chi connectivity index (χ2n) is 5.81. The Labute approximate surface area is 139 Å². The number of halogens is 1. The first-order chi connectivity index (χ1) is 10.7. The number of amides is 1. The predicted octanol–water partition coefficient (Wildman–Crippen LogP) is 1.41. The molecule has 0 fully saturated rings. The number of rotatable bonds is 6. The normalized spacial score (nSPS) is 11.5. The van der Waals surface area contributed by atoms with Crippen molar-refractivity contribution < 1.29 is 14.6 Å². The second-order valence-corrected chi connectivity index (χ2v) is 6.25. The van der Waals surface area contributed by atoms with E-state index in [0.29, 0.717) is 22.2 Å². The molecule has 3 N–H and O–H groups in total. The maximum absolute atomic E-state index is 11.1. The molecule has 124 valence electrons. The van der Waals surface area contributed by atoms with Crippen LogP contribution in [0.3, 0.4) is 0 Å². The molecule has 7 nitrogen and oxygen atoms in total. The molecule has 0 radical (unpaired) electrons. The molecular weight excluding hydrogens is 320 g/mol. The number of carbonyl (C=O) groups is 1. The molecule has 0 aliphatic carbocycles. The topological polar surface area (TPSA) is 103 Å². The van der Waals surface area contributed by atoms with E-state index in [2.05, 4.69) is 10.1 Å². The van der Waals surface area contributed by atoms with Crippen molar-refractivity contribution >= 4 is 17.5 Å². The molecule has 2 rings (SSSR count). The largest absolute Gasteiger partial charge is 0.496 e. The molecule has 1 aromatic heterocycles. The standard InChI is InChI=1S/C15H19ClN4O3/c1-15(2,22)8-20-14(18-13(19-20)7-12(17)21)10-6-9(16)4-5-11(10)23-3/h4-6,22H,7-8H2,1-3H3,(H2,17,21). The van der Waals surface area contributed by atoms with Crippen molar-refractivity contribution in [3.05, 3.63) is 29.0 Å². The molecule has 8 heteroatoms. The number of aromatic nitrogens is 3. The van der Waals surface area contributed by atoms with Crippen LogP contribution in [0.25, 0.3) is 11.4 Å². The van der Waals surface area contributed by atoms with Gasteiger partial charge < -0.3 is 15.6 Å². The van der Waals surface area contributed by atoms with Gasteiger partial charge in [0.1, 0.15) is 5.75 Å². The third-order valence-electron chi connectivity index (χ3n) is 2.99. The van der Waals surface area contributed by atoms with Gasteiger partial charge in [-0.05, 0) is 32.0 Å². The van der Waals surface area contributed by atoms with Crippen LogP contribution in [0.4, 0.5) is 0 Å². The number of nitrogens with two attached hydrogens (primary N) is 1. The third-order valence-corrected chi connectivity index (χ3v) is 3.22. The molecule has 0 saturated carbocycles. The van der Waals surface area contributed by atoms with Crippen LogP contribution in [0.15, 0.2) is 18.2 Å². The Hall–Kier alpha value is -2.12. The van der Waals surface area contributed by atoms with Crippen LogP contribution in [0.1, 0.15) is 19.7 Å². The van der Waals surface area contributed by atoms with Crippen LogP contribution in [0.2, 0.25) is 5.02 Å². The van der Waals surface area contributed by atoms with Gasteiger partial charge in [0.2, 0.25) is 5.91 Å². The lowest BCUT2D eigenvalue weighted by molar-refractivity contribution is -0.117. The van der Waals surface area contributed by atoms with Crippen LogP contribution in [-0.2, 0) is 17.8 Å². The van der Waals surface area contributed by atoms with E-state index in [4.69, 9.17) is 22.1 Å². The zero-order valence-electron chi connectivity index (χ0n) is 13.2. The first-order valence-corrected chi connectivity index (χ1v) is 7.36. The van der Waals surface area contributed by atoms with E-state index in [1.807, 2.05) is 0 Å². The van der Waals surface area contributed by atoms with Gasteiger partial charge in [-0.3, -0.25) is 4.79 Å². The van der Waals surface area contributed by atoms with Gasteiger partial charge >= 0.3 is 0 Å². The summed E-state index contributed by atoms with van der Waals surface area (Å²) in [7, 11) is 1.54. The summed E-state index contributed by atoms with van der Waals surface area (Å²) in [6.45, 7) is 3.49. The van der Waals surface area contributed by atoms with Gasteiger partial charge in [-0.2, -0.15) is 5.10 Å². The van der Waals surface area contributed by atoms with Crippen LogP contribution < -0.4 is 10.5 Å². The molecule has 2 aromatic rings. The fourth-order valence-corrected chi connectivity index (χ4v) is 2.32. The zero-order valence-corrected chi connectivity index (χ0v) is 14.0. The fraction of sp³-hybridized carbons (Fsp3) is 0.400.